The van der Waals surface area contributed by atoms with Gasteiger partial charge < -0.3 is 16.0 Å². The number of rotatable bonds is 8. The first kappa shape index (κ1) is 20.0. The Morgan fingerprint density at radius 2 is 1.71 bits per heavy atom. The molecule has 2 rings (SSSR count). The predicted octanol–water partition coefficient (Wildman–Crippen LogP) is 3.21. The number of hydrogen-bond acceptors (Lipinski definition) is 3. The second kappa shape index (κ2) is 10.7. The molecule has 2 aromatic rings. The molecule has 0 radical (unpaired) electrons. The van der Waals surface area contributed by atoms with E-state index in [1.807, 2.05) is 42.5 Å². The van der Waals surface area contributed by atoms with Crippen molar-refractivity contribution in [3.05, 3.63) is 65.7 Å². The molecule has 5 heteroatoms. The largest absolute Gasteiger partial charge is 0.375 e. The summed E-state index contributed by atoms with van der Waals surface area (Å²) in [5, 5.41) is 2.96. The summed E-state index contributed by atoms with van der Waals surface area (Å²) in [5.74, 6) is -0.0232. The SMILES string of the molecule is CN(CCCCNC(=O)c1ccc(CN)cc1)c1ccccc1.Cl. The first-order valence-electron chi connectivity index (χ1n) is 8.04. The zero-order valence-corrected chi connectivity index (χ0v) is 14.9. The van der Waals surface area contributed by atoms with E-state index in [0.29, 0.717) is 18.7 Å². The van der Waals surface area contributed by atoms with Gasteiger partial charge in [0.2, 0.25) is 0 Å². The van der Waals surface area contributed by atoms with Crippen LogP contribution in [0.3, 0.4) is 0 Å². The Hall–Kier alpha value is -2.04. The lowest BCUT2D eigenvalue weighted by Crippen LogP contribution is -2.25. The zero-order chi connectivity index (χ0) is 16.5. The average molecular weight is 348 g/mol. The number of nitrogens with two attached hydrogens (primary N) is 1. The minimum Gasteiger partial charge on any atom is -0.375 e. The third-order valence-electron chi connectivity index (χ3n) is 3.85. The molecule has 0 atom stereocenters. The molecule has 2 aromatic carbocycles. The lowest BCUT2D eigenvalue weighted by molar-refractivity contribution is 0.0953. The molecule has 0 unspecified atom stereocenters. The molecule has 0 fully saturated rings. The minimum atomic E-state index is -0.0232. The van der Waals surface area contributed by atoms with Crippen molar-refractivity contribution in [1.82, 2.24) is 5.32 Å². The van der Waals surface area contributed by atoms with Crippen LogP contribution in [0.4, 0.5) is 5.69 Å². The number of amides is 1. The molecule has 4 nitrogen and oxygen atoms in total. The standard InChI is InChI=1S/C19H25N3O.ClH/c1-22(18-7-3-2-4-8-18)14-6-5-13-21-19(23)17-11-9-16(15-20)10-12-17;/h2-4,7-12H,5-6,13-15,20H2,1H3,(H,21,23);1H. The first-order chi connectivity index (χ1) is 11.2. The minimum absolute atomic E-state index is 0. The third-order valence-corrected chi connectivity index (χ3v) is 3.85. The highest BCUT2D eigenvalue weighted by molar-refractivity contribution is 5.94. The van der Waals surface area contributed by atoms with Crippen molar-refractivity contribution in [3.8, 4) is 0 Å². The Morgan fingerprint density at radius 3 is 2.33 bits per heavy atom. The topological polar surface area (TPSA) is 58.4 Å². The van der Waals surface area contributed by atoms with Crippen molar-refractivity contribution in [2.75, 3.05) is 25.0 Å². The molecule has 3 N–H and O–H groups in total. The van der Waals surface area contributed by atoms with E-state index in [0.717, 1.165) is 24.9 Å². The van der Waals surface area contributed by atoms with Gasteiger partial charge in [0.1, 0.15) is 0 Å². The molecule has 0 saturated carbocycles. The smallest absolute Gasteiger partial charge is 0.251 e. The molecule has 0 aliphatic heterocycles. The third kappa shape index (κ3) is 6.22. The lowest BCUT2D eigenvalue weighted by Gasteiger charge is -2.19. The van der Waals surface area contributed by atoms with Crippen LogP contribution in [0, 0.1) is 0 Å². The fraction of sp³-hybridized carbons (Fsp3) is 0.316. The highest BCUT2D eigenvalue weighted by Gasteiger charge is 2.04. The number of unbranched alkanes of at least 4 members (excludes halogenated alkanes) is 1. The number of nitrogens with zero attached hydrogens (tertiary/aromatic N) is 1. The van der Waals surface area contributed by atoms with Crippen molar-refractivity contribution in [2.24, 2.45) is 5.73 Å². The van der Waals surface area contributed by atoms with E-state index in [-0.39, 0.29) is 18.3 Å². The summed E-state index contributed by atoms with van der Waals surface area (Å²) in [5.41, 5.74) is 8.49. The van der Waals surface area contributed by atoms with E-state index in [1.54, 1.807) is 0 Å². The van der Waals surface area contributed by atoms with Gasteiger partial charge in [-0.3, -0.25) is 4.79 Å². The highest BCUT2D eigenvalue weighted by atomic mass is 35.5. The van der Waals surface area contributed by atoms with Crippen molar-refractivity contribution in [3.63, 3.8) is 0 Å². The maximum Gasteiger partial charge on any atom is 0.251 e. The molecule has 130 valence electrons. The van der Waals surface area contributed by atoms with Gasteiger partial charge in [-0.1, -0.05) is 30.3 Å². The summed E-state index contributed by atoms with van der Waals surface area (Å²) in [6.45, 7) is 2.17. The lowest BCUT2D eigenvalue weighted by atomic mass is 10.1. The number of carbonyl (C=O) groups is 1. The number of carbonyl (C=O) groups excluding carboxylic acids is 1. The van der Waals surface area contributed by atoms with Gasteiger partial charge in [0, 0.05) is 37.9 Å². The molecule has 0 aliphatic carbocycles. The van der Waals surface area contributed by atoms with Crippen LogP contribution in [-0.4, -0.2) is 26.0 Å². The molecule has 1 amide bonds. The second-order valence-corrected chi connectivity index (χ2v) is 5.62. The molecular weight excluding hydrogens is 322 g/mol. The molecule has 0 spiro atoms. The molecule has 0 bridgehead atoms. The molecule has 0 aromatic heterocycles. The van der Waals surface area contributed by atoms with Gasteiger partial charge in [-0.05, 0) is 42.7 Å². The van der Waals surface area contributed by atoms with Crippen LogP contribution in [0.15, 0.2) is 54.6 Å². The van der Waals surface area contributed by atoms with Crippen molar-refractivity contribution in [2.45, 2.75) is 19.4 Å². The van der Waals surface area contributed by atoms with E-state index >= 15 is 0 Å². The van der Waals surface area contributed by atoms with E-state index in [1.165, 1.54) is 5.69 Å². The molecule has 0 aliphatic rings. The Bertz CT molecular complexity index is 602. The van der Waals surface area contributed by atoms with Gasteiger partial charge in [-0.2, -0.15) is 0 Å². The number of halogens is 1. The summed E-state index contributed by atoms with van der Waals surface area (Å²) >= 11 is 0. The molecule has 0 heterocycles. The second-order valence-electron chi connectivity index (χ2n) is 5.62. The average Bonchev–Trinajstić information content (AvgIpc) is 2.62. The maximum atomic E-state index is 12.0. The predicted molar refractivity (Wildman–Crippen MR) is 103 cm³/mol. The summed E-state index contributed by atoms with van der Waals surface area (Å²) in [4.78, 5) is 14.2. The van der Waals surface area contributed by atoms with Crippen LogP contribution >= 0.6 is 12.4 Å². The van der Waals surface area contributed by atoms with Crippen molar-refractivity contribution in [1.29, 1.82) is 0 Å². The molecular formula is C19H26ClN3O. The Morgan fingerprint density at radius 1 is 1.04 bits per heavy atom. The number of nitrogens with one attached hydrogen (secondary N) is 1. The van der Waals surface area contributed by atoms with Gasteiger partial charge in [0.15, 0.2) is 0 Å². The van der Waals surface area contributed by atoms with Gasteiger partial charge in [-0.15, -0.1) is 12.4 Å². The van der Waals surface area contributed by atoms with Crippen molar-refractivity contribution >= 4 is 24.0 Å². The normalized spacial score (nSPS) is 9.92. The van der Waals surface area contributed by atoms with Crippen LogP contribution in [0.5, 0.6) is 0 Å². The zero-order valence-electron chi connectivity index (χ0n) is 14.1. The quantitative estimate of drug-likeness (QED) is 0.721. The van der Waals surface area contributed by atoms with Gasteiger partial charge in [-0.25, -0.2) is 0 Å². The molecule has 0 saturated heterocycles. The highest BCUT2D eigenvalue weighted by Crippen LogP contribution is 2.11. The van der Waals surface area contributed by atoms with Crippen LogP contribution in [-0.2, 0) is 6.54 Å². The van der Waals surface area contributed by atoms with Crippen LogP contribution < -0.4 is 16.0 Å². The monoisotopic (exact) mass is 347 g/mol. The maximum absolute atomic E-state index is 12.0. The number of anilines is 1. The Labute approximate surface area is 150 Å². The van der Waals surface area contributed by atoms with E-state index in [9.17, 15) is 4.79 Å². The summed E-state index contributed by atoms with van der Waals surface area (Å²) in [6, 6.07) is 17.7. The van der Waals surface area contributed by atoms with E-state index in [2.05, 4.69) is 29.4 Å². The van der Waals surface area contributed by atoms with E-state index < -0.39 is 0 Å². The van der Waals surface area contributed by atoms with Gasteiger partial charge >= 0.3 is 0 Å². The summed E-state index contributed by atoms with van der Waals surface area (Å²) in [7, 11) is 2.09. The fourth-order valence-corrected chi connectivity index (χ4v) is 2.38. The number of para-hydroxylation sites is 1. The van der Waals surface area contributed by atoms with Gasteiger partial charge in [0.25, 0.3) is 5.91 Å². The van der Waals surface area contributed by atoms with E-state index in [4.69, 9.17) is 5.73 Å². The molecule has 24 heavy (non-hydrogen) atoms. The van der Waals surface area contributed by atoms with Crippen LogP contribution in [0.2, 0.25) is 0 Å². The van der Waals surface area contributed by atoms with Crippen LogP contribution in [0.1, 0.15) is 28.8 Å². The number of benzene rings is 2. The summed E-state index contributed by atoms with van der Waals surface area (Å²) in [6.07, 6.45) is 2.00. The van der Waals surface area contributed by atoms with Crippen molar-refractivity contribution < 1.29 is 4.79 Å². The van der Waals surface area contributed by atoms with Crippen LogP contribution in [0.25, 0.3) is 0 Å². The fourth-order valence-electron chi connectivity index (χ4n) is 2.38. The Kier molecular flexibility index (Phi) is 8.90. The summed E-state index contributed by atoms with van der Waals surface area (Å²) < 4.78 is 0. The Balaban J connectivity index is 0.00000288. The van der Waals surface area contributed by atoms with Gasteiger partial charge in [0.05, 0.1) is 0 Å². The first-order valence-corrected chi connectivity index (χ1v) is 8.04. The number of hydrogen-bond donors (Lipinski definition) is 2.